The van der Waals surface area contributed by atoms with Crippen LogP contribution in [0.25, 0.3) is 0 Å². The van der Waals surface area contributed by atoms with Gasteiger partial charge in [-0.2, -0.15) is 0 Å². The minimum atomic E-state index is -0.171. The van der Waals surface area contributed by atoms with Crippen LogP contribution in [0.4, 0.5) is 0 Å². The predicted octanol–water partition coefficient (Wildman–Crippen LogP) is 2.47. The molecule has 0 N–H and O–H groups in total. The number of hydrogen-bond acceptors (Lipinski definition) is 2. The molecule has 0 aromatic carbocycles. The summed E-state index contributed by atoms with van der Waals surface area (Å²) in [6.07, 6.45) is 7.57. The molecule has 1 saturated carbocycles. The van der Waals surface area contributed by atoms with Gasteiger partial charge in [0.1, 0.15) is 0 Å². The van der Waals surface area contributed by atoms with Gasteiger partial charge >= 0.3 is 0 Å². The largest absolute Gasteiger partial charge is 0.350 e. The van der Waals surface area contributed by atoms with E-state index in [9.17, 15) is 0 Å². The van der Waals surface area contributed by atoms with E-state index < -0.39 is 0 Å². The molecule has 1 atom stereocenters. The highest BCUT2D eigenvalue weighted by molar-refractivity contribution is 4.79. The van der Waals surface area contributed by atoms with Crippen molar-refractivity contribution in [2.45, 2.75) is 57.3 Å². The molecule has 12 heavy (non-hydrogen) atoms. The van der Waals surface area contributed by atoms with Gasteiger partial charge in [0.05, 0.1) is 12.7 Å². The highest BCUT2D eigenvalue weighted by Gasteiger charge is 2.37. The maximum atomic E-state index is 5.89. The third-order valence-corrected chi connectivity index (χ3v) is 2.92. The van der Waals surface area contributed by atoms with Gasteiger partial charge in [0.15, 0.2) is 5.79 Å². The third-order valence-electron chi connectivity index (χ3n) is 2.92. The first-order valence-corrected chi connectivity index (χ1v) is 5.13. The van der Waals surface area contributed by atoms with E-state index in [4.69, 9.17) is 9.47 Å². The van der Waals surface area contributed by atoms with E-state index >= 15 is 0 Å². The summed E-state index contributed by atoms with van der Waals surface area (Å²) in [5.41, 5.74) is 0. The van der Waals surface area contributed by atoms with Crippen molar-refractivity contribution in [2.75, 3.05) is 6.61 Å². The second kappa shape index (κ2) is 3.35. The molecule has 0 aromatic rings. The molecule has 1 aliphatic carbocycles. The van der Waals surface area contributed by atoms with Crippen LogP contribution in [-0.4, -0.2) is 18.5 Å². The fourth-order valence-corrected chi connectivity index (χ4v) is 2.22. The van der Waals surface area contributed by atoms with E-state index in [1.807, 2.05) is 0 Å². The molecule has 1 aliphatic heterocycles. The Morgan fingerprint density at radius 3 is 2.58 bits per heavy atom. The molecule has 2 fully saturated rings. The molecular weight excluding hydrogens is 152 g/mol. The summed E-state index contributed by atoms with van der Waals surface area (Å²) in [6, 6.07) is 0. The minimum Gasteiger partial charge on any atom is -0.350 e. The molecule has 2 aliphatic rings. The van der Waals surface area contributed by atoms with Gasteiger partial charge in [-0.1, -0.05) is 6.42 Å². The lowest BCUT2D eigenvalue weighted by Crippen LogP contribution is -2.45. The third kappa shape index (κ3) is 1.64. The second-order valence-corrected chi connectivity index (χ2v) is 4.04. The molecule has 2 heteroatoms. The maximum absolute atomic E-state index is 5.89. The molecule has 70 valence electrons. The molecule has 0 aromatic heterocycles. The van der Waals surface area contributed by atoms with Crippen molar-refractivity contribution in [2.24, 2.45) is 0 Å². The molecule has 0 bridgehead atoms. The Hall–Kier alpha value is -0.0800. The summed E-state index contributed by atoms with van der Waals surface area (Å²) in [4.78, 5) is 0. The Balaban J connectivity index is 1.97. The summed E-state index contributed by atoms with van der Waals surface area (Å²) < 4.78 is 11.6. The molecule has 0 unspecified atom stereocenters. The molecular formula is C10H18O2. The van der Waals surface area contributed by atoms with Crippen LogP contribution in [0.15, 0.2) is 0 Å². The Kier molecular flexibility index (Phi) is 2.37. The van der Waals surface area contributed by atoms with E-state index in [2.05, 4.69) is 6.92 Å². The first kappa shape index (κ1) is 8.52. The van der Waals surface area contributed by atoms with Crippen molar-refractivity contribution in [3.05, 3.63) is 0 Å². The first-order chi connectivity index (χ1) is 5.81. The number of hydrogen-bond donors (Lipinski definition) is 0. The second-order valence-electron chi connectivity index (χ2n) is 4.04. The van der Waals surface area contributed by atoms with Crippen LogP contribution >= 0.6 is 0 Å². The van der Waals surface area contributed by atoms with Crippen LogP contribution in [-0.2, 0) is 9.47 Å². The summed E-state index contributed by atoms with van der Waals surface area (Å²) >= 11 is 0. The van der Waals surface area contributed by atoms with E-state index in [1.54, 1.807) is 0 Å². The van der Waals surface area contributed by atoms with Crippen molar-refractivity contribution >= 4 is 0 Å². The van der Waals surface area contributed by atoms with E-state index in [1.165, 1.54) is 19.3 Å². The van der Waals surface area contributed by atoms with Gasteiger partial charge < -0.3 is 9.47 Å². The Morgan fingerprint density at radius 2 is 1.92 bits per heavy atom. The van der Waals surface area contributed by atoms with Gasteiger partial charge in [-0.05, 0) is 26.2 Å². The molecule has 1 heterocycles. The maximum Gasteiger partial charge on any atom is 0.168 e. The molecule has 0 radical (unpaired) electrons. The van der Waals surface area contributed by atoms with Crippen LogP contribution < -0.4 is 0 Å². The molecule has 2 rings (SSSR count). The molecule has 1 spiro atoms. The van der Waals surface area contributed by atoms with Gasteiger partial charge in [0, 0.05) is 12.8 Å². The summed E-state index contributed by atoms with van der Waals surface area (Å²) in [7, 11) is 0. The van der Waals surface area contributed by atoms with E-state index in [0.717, 1.165) is 25.9 Å². The fraction of sp³-hybridized carbons (Fsp3) is 1.00. The van der Waals surface area contributed by atoms with Crippen molar-refractivity contribution in [3.8, 4) is 0 Å². The molecule has 0 amide bonds. The standard InChI is InChI=1S/C10H18O2/c1-9-5-8-11-10(12-9)6-3-2-4-7-10/h9H,2-8H2,1H3/t9-/m1/s1. The van der Waals surface area contributed by atoms with Gasteiger partial charge in [0.2, 0.25) is 0 Å². The summed E-state index contributed by atoms with van der Waals surface area (Å²) in [6.45, 7) is 3.04. The van der Waals surface area contributed by atoms with Crippen LogP contribution in [0.5, 0.6) is 0 Å². The zero-order valence-corrected chi connectivity index (χ0v) is 7.84. The molecule has 1 saturated heterocycles. The summed E-state index contributed by atoms with van der Waals surface area (Å²) in [5, 5.41) is 0. The predicted molar refractivity (Wildman–Crippen MR) is 46.9 cm³/mol. The lowest BCUT2D eigenvalue weighted by Gasteiger charge is -2.42. The van der Waals surface area contributed by atoms with E-state index in [-0.39, 0.29) is 5.79 Å². The minimum absolute atomic E-state index is 0.171. The quantitative estimate of drug-likeness (QED) is 0.556. The smallest absolute Gasteiger partial charge is 0.168 e. The lowest BCUT2D eigenvalue weighted by molar-refractivity contribution is -0.301. The lowest BCUT2D eigenvalue weighted by atomic mass is 9.93. The van der Waals surface area contributed by atoms with Gasteiger partial charge in [0.25, 0.3) is 0 Å². The SMILES string of the molecule is C[C@@H]1CCOC2(CCCCC2)O1. The van der Waals surface area contributed by atoms with Crippen molar-refractivity contribution in [3.63, 3.8) is 0 Å². The van der Waals surface area contributed by atoms with Crippen molar-refractivity contribution in [1.29, 1.82) is 0 Å². The Morgan fingerprint density at radius 1 is 1.17 bits per heavy atom. The molecule has 2 nitrogen and oxygen atoms in total. The van der Waals surface area contributed by atoms with Crippen molar-refractivity contribution < 1.29 is 9.47 Å². The van der Waals surface area contributed by atoms with Crippen LogP contribution in [0.1, 0.15) is 45.4 Å². The number of ether oxygens (including phenoxy) is 2. The Labute approximate surface area is 74.2 Å². The Bertz CT molecular complexity index is 144. The topological polar surface area (TPSA) is 18.5 Å². The summed E-state index contributed by atoms with van der Waals surface area (Å²) in [5.74, 6) is -0.171. The number of rotatable bonds is 0. The highest BCUT2D eigenvalue weighted by Crippen LogP contribution is 2.36. The van der Waals surface area contributed by atoms with Crippen molar-refractivity contribution in [1.82, 2.24) is 0 Å². The van der Waals surface area contributed by atoms with Crippen LogP contribution in [0, 0.1) is 0 Å². The monoisotopic (exact) mass is 170 g/mol. The van der Waals surface area contributed by atoms with Gasteiger partial charge in [-0.25, -0.2) is 0 Å². The normalized spacial score (nSPS) is 35.2. The van der Waals surface area contributed by atoms with Gasteiger partial charge in [-0.3, -0.25) is 0 Å². The highest BCUT2D eigenvalue weighted by atomic mass is 16.7. The van der Waals surface area contributed by atoms with Crippen LogP contribution in [0.2, 0.25) is 0 Å². The fourth-order valence-electron chi connectivity index (χ4n) is 2.22. The first-order valence-electron chi connectivity index (χ1n) is 5.13. The van der Waals surface area contributed by atoms with Gasteiger partial charge in [-0.15, -0.1) is 0 Å². The average molecular weight is 170 g/mol. The van der Waals surface area contributed by atoms with E-state index in [0.29, 0.717) is 6.10 Å². The van der Waals surface area contributed by atoms with Crippen LogP contribution in [0.3, 0.4) is 0 Å². The zero-order chi connectivity index (χ0) is 8.44. The average Bonchev–Trinajstić information content (AvgIpc) is 2.05. The zero-order valence-electron chi connectivity index (χ0n) is 7.84.